The highest BCUT2D eigenvalue weighted by atomic mass is 35.5. The summed E-state index contributed by atoms with van der Waals surface area (Å²) in [5.41, 5.74) is 3.30. The largest absolute Gasteiger partial charge is 0.280 e. The molecule has 0 radical (unpaired) electrons. The fourth-order valence-corrected chi connectivity index (χ4v) is 3.05. The molecule has 0 spiro atoms. The first-order valence-electron chi connectivity index (χ1n) is 8.07. The van der Waals surface area contributed by atoms with Crippen LogP contribution in [-0.4, -0.2) is 20.6 Å². The molecule has 2 aromatic heterocycles. The number of nitrogens with one attached hydrogen (secondary N) is 1. The maximum Gasteiger partial charge on any atom is 0.280 e. The molecule has 4 rings (SSSR count). The molecule has 0 atom stereocenters. The number of benzene rings is 1. The number of hydrogen-bond donors (Lipinski definition) is 1. The summed E-state index contributed by atoms with van der Waals surface area (Å²) < 4.78 is 1.27. The highest BCUT2D eigenvalue weighted by Gasteiger charge is 2.26. The Balaban J connectivity index is 1.83. The molecule has 0 aliphatic heterocycles. The van der Waals surface area contributed by atoms with Crippen molar-refractivity contribution in [2.75, 3.05) is 5.43 Å². The number of carbonyl (C=O) groups excluding carboxylic acids is 1. The van der Waals surface area contributed by atoms with Gasteiger partial charge in [-0.2, -0.15) is 0 Å². The fourth-order valence-electron chi connectivity index (χ4n) is 2.89. The lowest BCUT2D eigenvalue weighted by molar-refractivity contribution is 0.100. The maximum absolute atomic E-state index is 12.9. The van der Waals surface area contributed by atoms with E-state index in [2.05, 4.69) is 15.4 Å². The maximum atomic E-state index is 12.9. The van der Waals surface area contributed by atoms with Gasteiger partial charge in [-0.1, -0.05) is 18.0 Å². The molecule has 0 unspecified atom stereocenters. The zero-order valence-electron chi connectivity index (χ0n) is 13.3. The predicted molar refractivity (Wildman–Crippen MR) is 95.5 cm³/mol. The van der Waals surface area contributed by atoms with E-state index < -0.39 is 5.91 Å². The zero-order chi connectivity index (χ0) is 17.4. The van der Waals surface area contributed by atoms with Crippen molar-refractivity contribution < 1.29 is 4.79 Å². The minimum absolute atomic E-state index is 0.158. The number of hydrogen-bond acceptors (Lipinski definition) is 4. The van der Waals surface area contributed by atoms with Crippen molar-refractivity contribution in [1.82, 2.24) is 14.6 Å². The van der Waals surface area contributed by atoms with Crippen LogP contribution in [0.1, 0.15) is 41.4 Å². The number of pyridine rings is 1. The van der Waals surface area contributed by atoms with Crippen LogP contribution in [0.15, 0.2) is 47.5 Å². The lowest BCUT2D eigenvalue weighted by atomic mass is 9.84. The molecule has 0 saturated heterocycles. The van der Waals surface area contributed by atoms with Gasteiger partial charge in [0.05, 0.1) is 16.5 Å². The summed E-state index contributed by atoms with van der Waals surface area (Å²) in [6, 6.07) is 8.26. The van der Waals surface area contributed by atoms with E-state index in [1.807, 2.05) is 0 Å². The summed E-state index contributed by atoms with van der Waals surface area (Å²) in [4.78, 5) is 33.9. The quantitative estimate of drug-likeness (QED) is 0.784. The van der Waals surface area contributed by atoms with Crippen LogP contribution in [0, 0.1) is 0 Å². The van der Waals surface area contributed by atoms with Gasteiger partial charge in [0.15, 0.2) is 0 Å². The Morgan fingerprint density at radius 3 is 2.80 bits per heavy atom. The van der Waals surface area contributed by atoms with Crippen molar-refractivity contribution in [3.63, 3.8) is 0 Å². The summed E-state index contributed by atoms with van der Waals surface area (Å²) in [6.07, 6.45) is 6.02. The summed E-state index contributed by atoms with van der Waals surface area (Å²) >= 11 is 6.03. The minimum Gasteiger partial charge on any atom is -0.267 e. The third-order valence-corrected chi connectivity index (χ3v) is 4.70. The average molecular weight is 355 g/mol. The molecule has 1 N–H and O–H groups in total. The van der Waals surface area contributed by atoms with Crippen LogP contribution in [0.4, 0.5) is 0 Å². The van der Waals surface area contributed by atoms with Gasteiger partial charge >= 0.3 is 0 Å². The van der Waals surface area contributed by atoms with Crippen LogP contribution in [0.25, 0.3) is 10.9 Å². The molecule has 1 aliphatic rings. The molecule has 2 heterocycles. The first kappa shape index (κ1) is 15.8. The SMILES string of the molecule is O=C(Nn1c(C2CCC2)nc2cc(Cl)ccc2c1=O)c1cccnc1. The highest BCUT2D eigenvalue weighted by Crippen LogP contribution is 2.35. The monoisotopic (exact) mass is 354 g/mol. The molecule has 25 heavy (non-hydrogen) atoms. The molecule has 126 valence electrons. The van der Waals surface area contributed by atoms with Gasteiger partial charge < -0.3 is 0 Å². The zero-order valence-corrected chi connectivity index (χ0v) is 14.0. The molecule has 7 heteroatoms. The first-order valence-corrected chi connectivity index (χ1v) is 8.45. The molecular weight excluding hydrogens is 340 g/mol. The number of nitrogens with zero attached hydrogens (tertiary/aromatic N) is 3. The summed E-state index contributed by atoms with van der Waals surface area (Å²) in [5, 5.41) is 0.940. The van der Waals surface area contributed by atoms with Crippen LogP contribution in [0.5, 0.6) is 0 Å². The van der Waals surface area contributed by atoms with E-state index in [1.54, 1.807) is 36.5 Å². The van der Waals surface area contributed by atoms with E-state index in [1.165, 1.54) is 10.9 Å². The van der Waals surface area contributed by atoms with E-state index >= 15 is 0 Å². The topological polar surface area (TPSA) is 76.9 Å². The van der Waals surface area contributed by atoms with Crippen LogP contribution in [0.2, 0.25) is 5.02 Å². The Morgan fingerprint density at radius 1 is 1.28 bits per heavy atom. The van der Waals surface area contributed by atoms with Gasteiger partial charge in [0.25, 0.3) is 11.5 Å². The Bertz CT molecular complexity index is 1010. The van der Waals surface area contributed by atoms with Crippen LogP contribution in [-0.2, 0) is 0 Å². The molecule has 0 bridgehead atoms. The number of amides is 1. The standard InChI is InChI=1S/C18H15ClN4O2/c19-13-6-7-14-15(9-13)21-16(11-3-1-4-11)23(18(14)25)22-17(24)12-5-2-8-20-10-12/h2,5-11H,1,3-4H2,(H,22,24). The lowest BCUT2D eigenvalue weighted by Crippen LogP contribution is -2.38. The molecule has 1 aliphatic carbocycles. The fraction of sp³-hybridized carbons (Fsp3) is 0.222. The Morgan fingerprint density at radius 2 is 2.12 bits per heavy atom. The second kappa shape index (κ2) is 6.29. The molecule has 3 aromatic rings. The molecule has 6 nitrogen and oxygen atoms in total. The van der Waals surface area contributed by atoms with E-state index in [0.717, 1.165) is 19.3 Å². The molecule has 1 fully saturated rings. The Kier molecular flexibility index (Phi) is 3.97. The summed E-state index contributed by atoms with van der Waals surface area (Å²) in [6.45, 7) is 0. The van der Waals surface area contributed by atoms with Gasteiger partial charge in [-0.05, 0) is 43.2 Å². The highest BCUT2D eigenvalue weighted by molar-refractivity contribution is 6.31. The number of aromatic nitrogens is 3. The lowest BCUT2D eigenvalue weighted by Gasteiger charge is -2.27. The second-order valence-corrected chi connectivity index (χ2v) is 6.52. The van der Waals surface area contributed by atoms with Crippen molar-refractivity contribution in [1.29, 1.82) is 0 Å². The van der Waals surface area contributed by atoms with E-state index in [-0.39, 0.29) is 11.5 Å². The molecule has 1 saturated carbocycles. The van der Waals surface area contributed by atoms with Gasteiger partial charge in [0.2, 0.25) is 0 Å². The van der Waals surface area contributed by atoms with Crippen molar-refractivity contribution in [2.24, 2.45) is 0 Å². The van der Waals surface area contributed by atoms with Crippen LogP contribution >= 0.6 is 11.6 Å². The molecular formula is C18H15ClN4O2. The summed E-state index contributed by atoms with van der Waals surface area (Å²) in [7, 11) is 0. The van der Waals surface area contributed by atoms with Crippen LogP contribution < -0.4 is 11.0 Å². The Hall–Kier alpha value is -2.73. The number of carbonyl (C=O) groups is 1. The second-order valence-electron chi connectivity index (χ2n) is 6.08. The normalized spacial score (nSPS) is 14.3. The average Bonchev–Trinajstić information content (AvgIpc) is 2.57. The van der Waals surface area contributed by atoms with Crippen molar-refractivity contribution in [3.05, 3.63) is 69.5 Å². The van der Waals surface area contributed by atoms with E-state index in [9.17, 15) is 9.59 Å². The van der Waals surface area contributed by atoms with Gasteiger partial charge in [0.1, 0.15) is 5.82 Å². The summed E-state index contributed by atoms with van der Waals surface area (Å²) in [5.74, 6) is 0.333. The molecule has 1 aromatic carbocycles. The van der Waals surface area contributed by atoms with Gasteiger partial charge in [-0.15, -0.1) is 0 Å². The predicted octanol–water partition coefficient (Wildman–Crippen LogP) is 3.10. The van der Waals surface area contributed by atoms with Gasteiger partial charge in [0, 0.05) is 23.3 Å². The van der Waals surface area contributed by atoms with E-state index in [0.29, 0.717) is 27.3 Å². The smallest absolute Gasteiger partial charge is 0.267 e. The van der Waals surface area contributed by atoms with Crippen molar-refractivity contribution >= 4 is 28.4 Å². The molecule has 1 amide bonds. The number of fused-ring (bicyclic) bond motifs is 1. The van der Waals surface area contributed by atoms with Crippen LogP contribution in [0.3, 0.4) is 0 Å². The third kappa shape index (κ3) is 2.89. The van der Waals surface area contributed by atoms with Crippen molar-refractivity contribution in [3.8, 4) is 0 Å². The van der Waals surface area contributed by atoms with Gasteiger partial charge in [-0.3, -0.25) is 20.0 Å². The van der Waals surface area contributed by atoms with Gasteiger partial charge in [-0.25, -0.2) is 9.66 Å². The van der Waals surface area contributed by atoms with E-state index in [4.69, 9.17) is 11.6 Å². The number of halogens is 1. The third-order valence-electron chi connectivity index (χ3n) is 4.46. The number of rotatable bonds is 3. The Labute approximate surface area is 148 Å². The minimum atomic E-state index is -0.397. The first-order chi connectivity index (χ1) is 12.1. The van der Waals surface area contributed by atoms with Crippen molar-refractivity contribution in [2.45, 2.75) is 25.2 Å².